The van der Waals surface area contributed by atoms with Crippen molar-refractivity contribution in [1.82, 2.24) is 9.78 Å². The molecule has 19 heavy (non-hydrogen) atoms. The number of anilines is 1. The van der Waals surface area contributed by atoms with Crippen LogP contribution in [0.4, 0.5) is 11.4 Å². The van der Waals surface area contributed by atoms with Gasteiger partial charge in [0.2, 0.25) is 0 Å². The van der Waals surface area contributed by atoms with Crippen LogP contribution in [0.25, 0.3) is 11.1 Å². The molecule has 0 radical (unpaired) electrons. The van der Waals surface area contributed by atoms with Gasteiger partial charge in [-0.15, -0.1) is 0 Å². The number of nitrogens with zero attached hydrogens (tertiary/aromatic N) is 3. The predicted octanol–water partition coefficient (Wildman–Crippen LogP) is 1.40. The summed E-state index contributed by atoms with van der Waals surface area (Å²) in [6.45, 7) is 0. The first kappa shape index (κ1) is 12.7. The summed E-state index contributed by atoms with van der Waals surface area (Å²) in [5, 5.41) is 17.6. The van der Waals surface area contributed by atoms with Gasteiger partial charge < -0.3 is 5.32 Å². The summed E-state index contributed by atoms with van der Waals surface area (Å²) in [5.41, 5.74) is 1.01. The molecule has 0 saturated carbocycles. The van der Waals surface area contributed by atoms with E-state index in [4.69, 9.17) is 0 Å². The SMILES string of the molecule is CNc1cnn(C)c(=O)c1-c1cccc([N+](=O)[O-])c1. The molecular formula is C12H12N4O3. The van der Waals surface area contributed by atoms with Crippen LogP contribution in [0.1, 0.15) is 0 Å². The second-order valence-corrected chi connectivity index (χ2v) is 3.92. The van der Waals surface area contributed by atoms with Gasteiger partial charge in [0.15, 0.2) is 0 Å². The van der Waals surface area contributed by atoms with Crippen LogP contribution < -0.4 is 10.9 Å². The van der Waals surface area contributed by atoms with E-state index in [0.29, 0.717) is 16.8 Å². The van der Waals surface area contributed by atoms with Gasteiger partial charge in [-0.05, 0) is 5.56 Å². The quantitative estimate of drug-likeness (QED) is 0.665. The summed E-state index contributed by atoms with van der Waals surface area (Å²) in [5.74, 6) is 0. The summed E-state index contributed by atoms with van der Waals surface area (Å²) in [4.78, 5) is 22.4. The van der Waals surface area contributed by atoms with E-state index < -0.39 is 4.92 Å². The molecule has 0 aliphatic carbocycles. The fourth-order valence-electron chi connectivity index (χ4n) is 1.78. The van der Waals surface area contributed by atoms with Crippen LogP contribution in [0.3, 0.4) is 0 Å². The number of aromatic nitrogens is 2. The average molecular weight is 260 g/mol. The molecule has 0 saturated heterocycles. The average Bonchev–Trinajstić information content (AvgIpc) is 2.41. The highest BCUT2D eigenvalue weighted by molar-refractivity contribution is 5.77. The number of hydrogen-bond acceptors (Lipinski definition) is 5. The topological polar surface area (TPSA) is 90.1 Å². The maximum atomic E-state index is 12.1. The van der Waals surface area contributed by atoms with Crippen LogP contribution in [0.2, 0.25) is 0 Å². The molecule has 0 unspecified atom stereocenters. The lowest BCUT2D eigenvalue weighted by Gasteiger charge is -2.09. The third-order valence-corrected chi connectivity index (χ3v) is 2.75. The molecule has 1 N–H and O–H groups in total. The molecular weight excluding hydrogens is 248 g/mol. The van der Waals surface area contributed by atoms with Crippen molar-refractivity contribution in [3.63, 3.8) is 0 Å². The molecule has 2 aromatic rings. The van der Waals surface area contributed by atoms with Crippen LogP contribution in [-0.4, -0.2) is 21.8 Å². The van der Waals surface area contributed by atoms with Crippen LogP contribution in [0.5, 0.6) is 0 Å². The molecule has 1 aromatic carbocycles. The molecule has 0 spiro atoms. The maximum Gasteiger partial charge on any atom is 0.276 e. The normalized spacial score (nSPS) is 10.2. The standard InChI is InChI=1S/C12H12N4O3/c1-13-10-7-14-15(2)12(17)11(10)8-4-3-5-9(6-8)16(18)19/h3-7,13H,1-2H3. The maximum absolute atomic E-state index is 12.1. The summed E-state index contributed by atoms with van der Waals surface area (Å²) in [7, 11) is 3.19. The van der Waals surface area contributed by atoms with Gasteiger partial charge in [-0.2, -0.15) is 5.10 Å². The van der Waals surface area contributed by atoms with Crippen LogP contribution in [-0.2, 0) is 7.05 Å². The number of aryl methyl sites for hydroxylation is 1. The zero-order valence-corrected chi connectivity index (χ0v) is 10.5. The lowest BCUT2D eigenvalue weighted by molar-refractivity contribution is -0.384. The Labute approximate surface area is 108 Å². The van der Waals surface area contributed by atoms with Crippen molar-refractivity contribution >= 4 is 11.4 Å². The van der Waals surface area contributed by atoms with Gasteiger partial charge in [0, 0.05) is 26.2 Å². The van der Waals surface area contributed by atoms with E-state index in [1.54, 1.807) is 19.2 Å². The van der Waals surface area contributed by atoms with Gasteiger partial charge >= 0.3 is 0 Å². The number of nitro benzene ring substituents is 1. The van der Waals surface area contributed by atoms with Gasteiger partial charge in [0.1, 0.15) is 0 Å². The van der Waals surface area contributed by atoms with E-state index in [1.807, 2.05) is 0 Å². The lowest BCUT2D eigenvalue weighted by Crippen LogP contribution is -2.22. The highest BCUT2D eigenvalue weighted by Crippen LogP contribution is 2.26. The molecule has 0 fully saturated rings. The number of nitro groups is 1. The fraction of sp³-hybridized carbons (Fsp3) is 0.167. The molecule has 7 heteroatoms. The molecule has 1 heterocycles. The molecule has 2 rings (SSSR count). The van der Waals surface area contributed by atoms with Crippen molar-refractivity contribution < 1.29 is 4.92 Å². The summed E-state index contributed by atoms with van der Waals surface area (Å²) in [6, 6.07) is 5.96. The van der Waals surface area contributed by atoms with Crippen LogP contribution in [0, 0.1) is 10.1 Å². The van der Waals surface area contributed by atoms with E-state index in [-0.39, 0.29) is 11.2 Å². The lowest BCUT2D eigenvalue weighted by atomic mass is 10.1. The van der Waals surface area contributed by atoms with Crippen molar-refractivity contribution in [3.8, 4) is 11.1 Å². The number of benzene rings is 1. The Hall–Kier alpha value is -2.70. The van der Waals surface area contributed by atoms with Crippen molar-refractivity contribution in [2.75, 3.05) is 12.4 Å². The predicted molar refractivity (Wildman–Crippen MR) is 71.1 cm³/mol. The molecule has 1 aromatic heterocycles. The van der Waals surface area contributed by atoms with Gasteiger partial charge in [-0.25, -0.2) is 4.68 Å². The first-order valence-electron chi connectivity index (χ1n) is 5.53. The van der Waals surface area contributed by atoms with Gasteiger partial charge in [0.25, 0.3) is 11.2 Å². The molecule has 0 atom stereocenters. The number of non-ortho nitro benzene ring substituents is 1. The smallest absolute Gasteiger partial charge is 0.276 e. The number of hydrogen-bond donors (Lipinski definition) is 1. The van der Waals surface area contributed by atoms with E-state index in [9.17, 15) is 14.9 Å². The van der Waals surface area contributed by atoms with Gasteiger partial charge in [0.05, 0.1) is 22.4 Å². The minimum atomic E-state index is -0.492. The Morgan fingerprint density at radius 2 is 2.16 bits per heavy atom. The second-order valence-electron chi connectivity index (χ2n) is 3.92. The van der Waals surface area contributed by atoms with E-state index in [1.165, 1.54) is 30.1 Å². The number of nitrogens with one attached hydrogen (secondary N) is 1. The Kier molecular flexibility index (Phi) is 3.28. The van der Waals surface area contributed by atoms with Crippen molar-refractivity contribution in [3.05, 3.63) is 50.9 Å². The van der Waals surface area contributed by atoms with Crippen molar-refractivity contribution in [2.45, 2.75) is 0 Å². The molecule has 0 aliphatic rings. The number of rotatable bonds is 3. The Morgan fingerprint density at radius 1 is 1.42 bits per heavy atom. The Bertz CT molecular complexity index is 694. The molecule has 7 nitrogen and oxygen atoms in total. The summed E-state index contributed by atoms with van der Waals surface area (Å²) in [6.07, 6.45) is 1.51. The minimum Gasteiger partial charge on any atom is -0.386 e. The third kappa shape index (κ3) is 2.30. The zero-order chi connectivity index (χ0) is 14.0. The first-order chi connectivity index (χ1) is 9.04. The monoisotopic (exact) mass is 260 g/mol. The summed E-state index contributed by atoms with van der Waals surface area (Å²) < 4.78 is 1.19. The van der Waals surface area contributed by atoms with Crippen LogP contribution in [0.15, 0.2) is 35.3 Å². The van der Waals surface area contributed by atoms with E-state index in [2.05, 4.69) is 10.4 Å². The first-order valence-corrected chi connectivity index (χ1v) is 5.53. The summed E-state index contributed by atoms with van der Waals surface area (Å²) >= 11 is 0. The second kappa shape index (κ2) is 4.89. The highest BCUT2D eigenvalue weighted by atomic mass is 16.6. The van der Waals surface area contributed by atoms with E-state index in [0.717, 1.165) is 0 Å². The third-order valence-electron chi connectivity index (χ3n) is 2.75. The molecule has 0 bridgehead atoms. The van der Waals surface area contributed by atoms with Crippen molar-refractivity contribution in [2.24, 2.45) is 7.05 Å². The molecule has 0 amide bonds. The minimum absolute atomic E-state index is 0.0570. The van der Waals surface area contributed by atoms with E-state index >= 15 is 0 Å². The van der Waals surface area contributed by atoms with Gasteiger partial charge in [-0.1, -0.05) is 12.1 Å². The van der Waals surface area contributed by atoms with Crippen molar-refractivity contribution in [1.29, 1.82) is 0 Å². The van der Waals surface area contributed by atoms with Gasteiger partial charge in [-0.3, -0.25) is 14.9 Å². The van der Waals surface area contributed by atoms with Crippen LogP contribution >= 0.6 is 0 Å². The Balaban J connectivity index is 2.71. The fourth-order valence-corrected chi connectivity index (χ4v) is 1.78. The molecule has 0 aliphatic heterocycles. The highest BCUT2D eigenvalue weighted by Gasteiger charge is 2.14. The zero-order valence-electron chi connectivity index (χ0n) is 10.5. The molecule has 98 valence electrons. The Morgan fingerprint density at radius 3 is 2.79 bits per heavy atom. The largest absolute Gasteiger partial charge is 0.386 e.